The Labute approximate surface area is 129 Å². The molecule has 5 heteroatoms. The number of thioether (sulfide) groups is 1. The minimum atomic E-state index is -0.309. The number of rotatable bonds is 6. The van der Waals surface area contributed by atoms with Crippen molar-refractivity contribution >= 4 is 28.6 Å². The summed E-state index contributed by atoms with van der Waals surface area (Å²) in [5.41, 5.74) is 1.73. The number of hydrogen-bond donors (Lipinski definition) is 0. The SMILES string of the molecule is COCCn1c(SCC(=O)C(C)(C)C)nc2ccccc21. The maximum Gasteiger partial charge on any atom is 0.169 e. The highest BCUT2D eigenvalue weighted by atomic mass is 32.2. The van der Waals surface area contributed by atoms with Gasteiger partial charge in [-0.05, 0) is 12.1 Å². The summed E-state index contributed by atoms with van der Waals surface area (Å²) >= 11 is 1.50. The van der Waals surface area contributed by atoms with Crippen molar-refractivity contribution in [2.45, 2.75) is 32.5 Å². The molecule has 0 fully saturated rings. The number of methoxy groups -OCH3 is 1. The normalized spacial score (nSPS) is 12.0. The summed E-state index contributed by atoms with van der Waals surface area (Å²) in [6, 6.07) is 8.02. The van der Waals surface area contributed by atoms with E-state index in [1.807, 2.05) is 45.0 Å². The van der Waals surface area contributed by atoms with Crippen LogP contribution in [0.25, 0.3) is 11.0 Å². The van der Waals surface area contributed by atoms with Crippen LogP contribution in [0.3, 0.4) is 0 Å². The molecule has 1 heterocycles. The second kappa shape index (κ2) is 6.62. The van der Waals surface area contributed by atoms with Gasteiger partial charge in [0, 0.05) is 19.1 Å². The Hall–Kier alpha value is -1.33. The maximum absolute atomic E-state index is 12.1. The van der Waals surface area contributed by atoms with Crippen LogP contribution in [0.2, 0.25) is 0 Å². The number of ether oxygens (including phenoxy) is 1. The fraction of sp³-hybridized carbons (Fsp3) is 0.500. The molecule has 0 atom stereocenters. The molecule has 0 aliphatic heterocycles. The molecule has 0 saturated carbocycles. The summed E-state index contributed by atoms with van der Waals surface area (Å²) in [7, 11) is 1.69. The van der Waals surface area contributed by atoms with Gasteiger partial charge in [0.25, 0.3) is 0 Å². The topological polar surface area (TPSA) is 44.1 Å². The molecule has 114 valence electrons. The Morgan fingerprint density at radius 3 is 2.71 bits per heavy atom. The van der Waals surface area contributed by atoms with E-state index < -0.39 is 0 Å². The molecule has 0 amide bonds. The third kappa shape index (κ3) is 3.86. The van der Waals surface area contributed by atoms with Crippen molar-refractivity contribution in [3.63, 3.8) is 0 Å². The Morgan fingerprint density at radius 2 is 2.05 bits per heavy atom. The maximum atomic E-state index is 12.1. The fourth-order valence-corrected chi connectivity index (χ4v) is 3.11. The summed E-state index contributed by atoms with van der Waals surface area (Å²) in [4.78, 5) is 16.7. The van der Waals surface area contributed by atoms with Crippen LogP contribution in [0.4, 0.5) is 0 Å². The Kier molecular flexibility index (Phi) is 5.06. The lowest BCUT2D eigenvalue weighted by atomic mass is 9.92. The van der Waals surface area contributed by atoms with E-state index in [4.69, 9.17) is 4.74 Å². The lowest BCUT2D eigenvalue weighted by Crippen LogP contribution is -2.22. The smallest absolute Gasteiger partial charge is 0.169 e. The highest BCUT2D eigenvalue weighted by molar-refractivity contribution is 7.99. The minimum absolute atomic E-state index is 0.234. The number of Topliss-reactive ketones (excluding diaryl/α,β-unsaturated/α-hetero) is 1. The van der Waals surface area contributed by atoms with E-state index in [1.165, 1.54) is 11.8 Å². The average molecular weight is 306 g/mol. The Bertz CT molecular complexity index is 629. The number of carbonyl (C=O) groups is 1. The minimum Gasteiger partial charge on any atom is -0.383 e. The first-order valence-electron chi connectivity index (χ1n) is 7.04. The summed E-state index contributed by atoms with van der Waals surface area (Å²) in [5.74, 6) is 0.678. The molecular formula is C16H22N2O2S. The predicted molar refractivity (Wildman–Crippen MR) is 86.8 cm³/mol. The second-order valence-electron chi connectivity index (χ2n) is 5.99. The first kappa shape index (κ1) is 16.0. The van der Waals surface area contributed by atoms with Crippen molar-refractivity contribution in [1.29, 1.82) is 0 Å². The molecule has 1 aromatic heterocycles. The molecule has 2 aromatic rings. The number of ketones is 1. The lowest BCUT2D eigenvalue weighted by molar-refractivity contribution is -0.123. The van der Waals surface area contributed by atoms with Gasteiger partial charge in [-0.3, -0.25) is 4.79 Å². The molecule has 21 heavy (non-hydrogen) atoms. The first-order chi connectivity index (χ1) is 9.93. The molecule has 0 saturated heterocycles. The van der Waals surface area contributed by atoms with E-state index in [1.54, 1.807) is 7.11 Å². The number of benzene rings is 1. The first-order valence-corrected chi connectivity index (χ1v) is 8.02. The number of para-hydroxylation sites is 2. The molecule has 0 aliphatic rings. The molecule has 0 bridgehead atoms. The van der Waals surface area contributed by atoms with Crippen LogP contribution in [-0.2, 0) is 16.1 Å². The number of aromatic nitrogens is 2. The Balaban J connectivity index is 2.23. The fourth-order valence-electron chi connectivity index (χ4n) is 1.91. The third-order valence-corrected chi connectivity index (χ3v) is 4.28. The van der Waals surface area contributed by atoms with E-state index in [-0.39, 0.29) is 11.2 Å². The number of fused-ring (bicyclic) bond motifs is 1. The van der Waals surface area contributed by atoms with Crippen molar-refractivity contribution < 1.29 is 9.53 Å². The van der Waals surface area contributed by atoms with Gasteiger partial charge in [0.2, 0.25) is 0 Å². The summed E-state index contributed by atoms with van der Waals surface area (Å²) in [5, 5.41) is 0.880. The number of hydrogen-bond acceptors (Lipinski definition) is 4. The highest BCUT2D eigenvalue weighted by Gasteiger charge is 2.22. The molecule has 0 aliphatic carbocycles. The zero-order chi connectivity index (χ0) is 15.5. The van der Waals surface area contributed by atoms with Crippen LogP contribution in [0.15, 0.2) is 29.4 Å². The average Bonchev–Trinajstić information content (AvgIpc) is 2.79. The van der Waals surface area contributed by atoms with Crippen LogP contribution in [0.5, 0.6) is 0 Å². The highest BCUT2D eigenvalue weighted by Crippen LogP contribution is 2.26. The molecular weight excluding hydrogens is 284 g/mol. The molecule has 0 spiro atoms. The standard InChI is InChI=1S/C16H22N2O2S/c1-16(2,3)14(19)11-21-15-17-12-7-5-6-8-13(12)18(15)9-10-20-4/h5-8H,9-11H2,1-4H3. The van der Waals surface area contributed by atoms with Gasteiger partial charge in [0.15, 0.2) is 5.16 Å². The van der Waals surface area contributed by atoms with Crippen molar-refractivity contribution in [3.05, 3.63) is 24.3 Å². The summed E-state index contributed by atoms with van der Waals surface area (Å²) in [6.45, 7) is 7.21. The van der Waals surface area contributed by atoms with Gasteiger partial charge < -0.3 is 9.30 Å². The van der Waals surface area contributed by atoms with Gasteiger partial charge >= 0.3 is 0 Å². The summed E-state index contributed by atoms with van der Waals surface area (Å²) in [6.07, 6.45) is 0. The van der Waals surface area contributed by atoms with Crippen LogP contribution in [0.1, 0.15) is 20.8 Å². The van der Waals surface area contributed by atoms with Crippen LogP contribution in [-0.4, -0.2) is 34.8 Å². The van der Waals surface area contributed by atoms with E-state index in [0.29, 0.717) is 12.4 Å². The van der Waals surface area contributed by atoms with E-state index >= 15 is 0 Å². The van der Waals surface area contributed by atoms with Gasteiger partial charge in [-0.25, -0.2) is 4.98 Å². The molecule has 0 unspecified atom stereocenters. The molecule has 1 aromatic carbocycles. The van der Waals surface area contributed by atoms with E-state index in [0.717, 1.165) is 22.7 Å². The second-order valence-corrected chi connectivity index (χ2v) is 6.93. The predicted octanol–water partition coefficient (Wildman–Crippen LogP) is 3.39. The molecule has 4 nitrogen and oxygen atoms in total. The van der Waals surface area contributed by atoms with E-state index in [9.17, 15) is 4.79 Å². The molecule has 0 radical (unpaired) electrons. The van der Waals surface area contributed by atoms with Crippen LogP contribution >= 0.6 is 11.8 Å². The van der Waals surface area contributed by atoms with Gasteiger partial charge in [-0.1, -0.05) is 44.7 Å². The monoisotopic (exact) mass is 306 g/mol. The number of nitrogens with zero attached hydrogens (tertiary/aromatic N) is 2. The van der Waals surface area contributed by atoms with Gasteiger partial charge in [-0.2, -0.15) is 0 Å². The van der Waals surface area contributed by atoms with E-state index in [2.05, 4.69) is 9.55 Å². The zero-order valence-electron chi connectivity index (χ0n) is 13.0. The van der Waals surface area contributed by atoms with Crippen molar-refractivity contribution in [3.8, 4) is 0 Å². The van der Waals surface area contributed by atoms with Gasteiger partial charge in [0.1, 0.15) is 5.78 Å². The largest absolute Gasteiger partial charge is 0.383 e. The van der Waals surface area contributed by atoms with Gasteiger partial charge in [-0.15, -0.1) is 0 Å². The molecule has 2 rings (SSSR count). The van der Waals surface area contributed by atoms with Gasteiger partial charge in [0.05, 0.1) is 23.4 Å². The van der Waals surface area contributed by atoms with Crippen LogP contribution in [0, 0.1) is 5.41 Å². The van der Waals surface area contributed by atoms with Crippen molar-refractivity contribution in [2.75, 3.05) is 19.5 Å². The number of imidazole rings is 1. The quantitative estimate of drug-likeness (QED) is 0.767. The van der Waals surface area contributed by atoms with Crippen molar-refractivity contribution in [2.24, 2.45) is 5.41 Å². The lowest BCUT2D eigenvalue weighted by Gasteiger charge is -2.16. The Morgan fingerprint density at radius 1 is 1.33 bits per heavy atom. The molecule has 0 N–H and O–H groups in total. The van der Waals surface area contributed by atoms with Crippen molar-refractivity contribution in [1.82, 2.24) is 9.55 Å². The third-order valence-electron chi connectivity index (χ3n) is 3.31. The zero-order valence-corrected chi connectivity index (χ0v) is 13.9. The van der Waals surface area contributed by atoms with Crippen LogP contribution < -0.4 is 0 Å². The number of carbonyl (C=O) groups excluding carboxylic acids is 1. The summed E-state index contributed by atoms with van der Waals surface area (Å²) < 4.78 is 7.30.